The minimum atomic E-state index is -0.322. The number of rotatable bonds is 7. The zero-order valence-corrected chi connectivity index (χ0v) is 7.01. The second kappa shape index (κ2) is 6.60. The van der Waals surface area contributed by atoms with Crippen molar-refractivity contribution in [2.45, 2.75) is 19.3 Å². The zero-order valence-electron chi connectivity index (χ0n) is 7.01. The minimum absolute atomic E-state index is 0.299. The van der Waals surface area contributed by atoms with E-state index in [1.54, 1.807) is 0 Å². The summed E-state index contributed by atoms with van der Waals surface area (Å²) >= 11 is 0. The van der Waals surface area contributed by atoms with Crippen molar-refractivity contribution in [3.63, 3.8) is 0 Å². The normalized spacial score (nSPS) is 9.67. The van der Waals surface area contributed by atoms with E-state index in [0.717, 1.165) is 0 Å². The van der Waals surface area contributed by atoms with Crippen molar-refractivity contribution in [2.75, 3.05) is 13.1 Å². The lowest BCUT2D eigenvalue weighted by Crippen LogP contribution is -2.23. The maximum Gasteiger partial charge on any atom is 0.218 e. The standard InChI is InChI=1S/C7H15N3O2/c8-6(11)2-1-4-10-5-3-7(9)12/h10H,1-5H2,(H2,8,11)(H2,9,12). The zero-order chi connectivity index (χ0) is 9.40. The van der Waals surface area contributed by atoms with Gasteiger partial charge in [-0.05, 0) is 13.0 Å². The van der Waals surface area contributed by atoms with Gasteiger partial charge < -0.3 is 16.8 Å². The molecule has 0 radical (unpaired) electrons. The molecule has 0 rings (SSSR count). The summed E-state index contributed by atoms with van der Waals surface area (Å²) in [6.45, 7) is 1.25. The number of hydrogen-bond acceptors (Lipinski definition) is 3. The van der Waals surface area contributed by atoms with Crippen LogP contribution in [0.25, 0.3) is 0 Å². The van der Waals surface area contributed by atoms with E-state index in [1.165, 1.54) is 0 Å². The van der Waals surface area contributed by atoms with Crippen LogP contribution in [0.5, 0.6) is 0 Å². The predicted octanol–water partition coefficient (Wildman–Crippen LogP) is -1.28. The Bertz CT molecular complexity index is 141. The highest BCUT2D eigenvalue weighted by molar-refractivity contribution is 5.74. The summed E-state index contributed by atoms with van der Waals surface area (Å²) in [5, 5.41) is 2.96. The molecule has 0 heterocycles. The molecule has 0 aliphatic rings. The molecule has 0 aromatic carbocycles. The number of nitrogens with two attached hydrogens (primary N) is 2. The van der Waals surface area contributed by atoms with E-state index in [-0.39, 0.29) is 11.8 Å². The van der Waals surface area contributed by atoms with Crippen LogP contribution in [-0.2, 0) is 9.59 Å². The van der Waals surface area contributed by atoms with Gasteiger partial charge in [0.25, 0.3) is 0 Å². The molecule has 0 unspecified atom stereocenters. The first-order valence-corrected chi connectivity index (χ1v) is 3.90. The van der Waals surface area contributed by atoms with Gasteiger partial charge in [0.05, 0.1) is 0 Å². The molecular weight excluding hydrogens is 158 g/mol. The lowest BCUT2D eigenvalue weighted by Gasteiger charge is -2.00. The first-order valence-electron chi connectivity index (χ1n) is 3.90. The van der Waals surface area contributed by atoms with Gasteiger partial charge in [-0.2, -0.15) is 0 Å². The van der Waals surface area contributed by atoms with Gasteiger partial charge in [0.15, 0.2) is 0 Å². The molecule has 5 heteroatoms. The number of carbonyl (C=O) groups excluding carboxylic acids is 2. The van der Waals surface area contributed by atoms with Crippen LogP contribution in [0.2, 0.25) is 0 Å². The monoisotopic (exact) mass is 173 g/mol. The first-order chi connectivity index (χ1) is 5.63. The molecule has 12 heavy (non-hydrogen) atoms. The van der Waals surface area contributed by atoms with Crippen molar-refractivity contribution in [3.05, 3.63) is 0 Å². The van der Waals surface area contributed by atoms with Crippen LogP contribution in [0.15, 0.2) is 0 Å². The van der Waals surface area contributed by atoms with Crippen LogP contribution in [0.4, 0.5) is 0 Å². The lowest BCUT2D eigenvalue weighted by molar-refractivity contribution is -0.119. The number of amides is 2. The molecule has 0 aliphatic carbocycles. The number of nitrogens with one attached hydrogen (secondary N) is 1. The van der Waals surface area contributed by atoms with Gasteiger partial charge in [-0.1, -0.05) is 0 Å². The van der Waals surface area contributed by atoms with E-state index in [2.05, 4.69) is 5.32 Å². The van der Waals surface area contributed by atoms with Crippen molar-refractivity contribution in [1.29, 1.82) is 0 Å². The Morgan fingerprint density at radius 2 is 1.58 bits per heavy atom. The SMILES string of the molecule is NC(=O)CCCNCCC(N)=O. The fourth-order valence-corrected chi connectivity index (χ4v) is 0.724. The van der Waals surface area contributed by atoms with Crippen molar-refractivity contribution in [2.24, 2.45) is 11.5 Å². The fourth-order valence-electron chi connectivity index (χ4n) is 0.724. The first kappa shape index (κ1) is 10.9. The Morgan fingerprint density at radius 1 is 1.00 bits per heavy atom. The highest BCUT2D eigenvalue weighted by Crippen LogP contribution is 1.84. The van der Waals surface area contributed by atoms with Crippen LogP contribution < -0.4 is 16.8 Å². The molecule has 5 nitrogen and oxygen atoms in total. The summed E-state index contributed by atoms with van der Waals surface area (Å²) < 4.78 is 0. The molecule has 0 atom stereocenters. The summed E-state index contributed by atoms with van der Waals surface area (Å²) in [7, 11) is 0. The molecular formula is C7H15N3O2. The molecule has 0 saturated carbocycles. The Morgan fingerprint density at radius 3 is 2.08 bits per heavy atom. The third-order valence-corrected chi connectivity index (χ3v) is 1.32. The Kier molecular flexibility index (Phi) is 6.00. The largest absolute Gasteiger partial charge is 0.370 e. The van der Waals surface area contributed by atoms with Crippen molar-refractivity contribution < 1.29 is 9.59 Å². The summed E-state index contributed by atoms with van der Waals surface area (Å²) in [6, 6.07) is 0. The third kappa shape index (κ3) is 8.90. The maximum absolute atomic E-state index is 10.3. The molecule has 70 valence electrons. The predicted molar refractivity (Wildman–Crippen MR) is 45.1 cm³/mol. The van der Waals surface area contributed by atoms with E-state index >= 15 is 0 Å². The molecule has 2 amide bonds. The quantitative estimate of drug-likeness (QED) is 0.418. The third-order valence-electron chi connectivity index (χ3n) is 1.32. The van der Waals surface area contributed by atoms with E-state index in [4.69, 9.17) is 11.5 Å². The van der Waals surface area contributed by atoms with Crippen LogP contribution in [0.3, 0.4) is 0 Å². The smallest absolute Gasteiger partial charge is 0.218 e. The average Bonchev–Trinajstić information content (AvgIpc) is 1.95. The number of carbonyl (C=O) groups is 2. The summed E-state index contributed by atoms with van der Waals surface area (Å²) in [4.78, 5) is 20.5. The van der Waals surface area contributed by atoms with Crippen LogP contribution >= 0.6 is 0 Å². The Hall–Kier alpha value is -1.10. The molecule has 0 spiro atoms. The molecule has 0 aromatic rings. The van der Waals surface area contributed by atoms with Crippen molar-refractivity contribution >= 4 is 11.8 Å². The highest BCUT2D eigenvalue weighted by atomic mass is 16.1. The lowest BCUT2D eigenvalue weighted by atomic mass is 10.3. The van der Waals surface area contributed by atoms with Crippen LogP contribution in [0.1, 0.15) is 19.3 Å². The highest BCUT2D eigenvalue weighted by Gasteiger charge is 1.95. The summed E-state index contributed by atoms with van der Waals surface area (Å²) in [5.41, 5.74) is 9.82. The summed E-state index contributed by atoms with van der Waals surface area (Å²) in [5.74, 6) is -0.621. The van der Waals surface area contributed by atoms with Gasteiger partial charge in [0.2, 0.25) is 11.8 Å². The molecule has 0 saturated heterocycles. The van der Waals surface area contributed by atoms with Gasteiger partial charge in [0, 0.05) is 19.4 Å². The Labute approximate surface area is 71.5 Å². The summed E-state index contributed by atoms with van der Waals surface area (Å²) in [6.07, 6.45) is 1.41. The molecule has 0 fully saturated rings. The van der Waals surface area contributed by atoms with Crippen molar-refractivity contribution in [1.82, 2.24) is 5.32 Å². The van der Waals surface area contributed by atoms with E-state index < -0.39 is 0 Å². The second-order valence-corrected chi connectivity index (χ2v) is 2.54. The van der Waals surface area contributed by atoms with E-state index in [1.807, 2.05) is 0 Å². The number of primary amides is 2. The second-order valence-electron chi connectivity index (χ2n) is 2.54. The minimum Gasteiger partial charge on any atom is -0.370 e. The van der Waals surface area contributed by atoms with Crippen LogP contribution in [-0.4, -0.2) is 24.9 Å². The van der Waals surface area contributed by atoms with Crippen molar-refractivity contribution in [3.8, 4) is 0 Å². The van der Waals surface area contributed by atoms with Gasteiger partial charge in [-0.3, -0.25) is 9.59 Å². The maximum atomic E-state index is 10.3. The van der Waals surface area contributed by atoms with Gasteiger partial charge >= 0.3 is 0 Å². The van der Waals surface area contributed by atoms with Crippen LogP contribution in [0, 0.1) is 0 Å². The molecule has 5 N–H and O–H groups in total. The van der Waals surface area contributed by atoms with E-state index in [0.29, 0.717) is 32.4 Å². The topological polar surface area (TPSA) is 98.2 Å². The van der Waals surface area contributed by atoms with E-state index in [9.17, 15) is 9.59 Å². The average molecular weight is 173 g/mol. The van der Waals surface area contributed by atoms with Gasteiger partial charge in [0.1, 0.15) is 0 Å². The van der Waals surface area contributed by atoms with Gasteiger partial charge in [-0.25, -0.2) is 0 Å². The molecule has 0 bridgehead atoms. The number of hydrogen-bond donors (Lipinski definition) is 3. The van der Waals surface area contributed by atoms with Gasteiger partial charge in [-0.15, -0.1) is 0 Å². The molecule has 0 aliphatic heterocycles. The Balaban J connectivity index is 3.01. The molecule has 0 aromatic heterocycles. The fraction of sp³-hybridized carbons (Fsp3) is 0.714.